The third-order valence-electron chi connectivity index (χ3n) is 3.73. The van der Waals surface area contributed by atoms with Gasteiger partial charge >= 0.3 is 0 Å². The van der Waals surface area contributed by atoms with Crippen LogP contribution in [0.2, 0.25) is 0 Å². The molecule has 0 spiro atoms. The summed E-state index contributed by atoms with van der Waals surface area (Å²) in [5.74, 6) is 2.82. The van der Waals surface area contributed by atoms with E-state index in [1.165, 1.54) is 0 Å². The Morgan fingerprint density at radius 3 is 2.81 bits per heavy atom. The van der Waals surface area contributed by atoms with Crippen molar-refractivity contribution in [2.24, 2.45) is 0 Å². The Morgan fingerprint density at radius 1 is 1.19 bits per heavy atom. The number of ether oxygens (including phenoxy) is 1. The van der Waals surface area contributed by atoms with E-state index in [0.717, 1.165) is 49.4 Å². The van der Waals surface area contributed by atoms with Gasteiger partial charge in [0, 0.05) is 37.6 Å². The minimum Gasteiger partial charge on any atom is -0.378 e. The van der Waals surface area contributed by atoms with Gasteiger partial charge in [0.25, 0.3) is 0 Å². The van der Waals surface area contributed by atoms with E-state index >= 15 is 0 Å². The van der Waals surface area contributed by atoms with Crippen LogP contribution in [-0.4, -0.2) is 50.5 Å². The Labute approximate surface area is 121 Å². The summed E-state index contributed by atoms with van der Waals surface area (Å²) >= 11 is 0. The van der Waals surface area contributed by atoms with Crippen molar-refractivity contribution in [1.82, 2.24) is 24.1 Å². The summed E-state index contributed by atoms with van der Waals surface area (Å²) in [6.07, 6.45) is 5.50. The maximum Gasteiger partial charge on any atom is 0.159 e. The molecule has 1 aliphatic rings. The molecule has 21 heavy (non-hydrogen) atoms. The molecule has 1 aliphatic heterocycles. The van der Waals surface area contributed by atoms with Gasteiger partial charge in [-0.2, -0.15) is 9.61 Å². The van der Waals surface area contributed by atoms with Gasteiger partial charge in [0.1, 0.15) is 17.5 Å². The minimum atomic E-state index is 0.742. The predicted octanol–water partition coefficient (Wildman–Crippen LogP) is 1.06. The molecule has 0 atom stereocenters. The zero-order valence-corrected chi connectivity index (χ0v) is 11.8. The van der Waals surface area contributed by atoms with Crippen molar-refractivity contribution in [1.29, 1.82) is 0 Å². The first-order chi connectivity index (χ1) is 10.3. The van der Waals surface area contributed by atoms with E-state index in [0.29, 0.717) is 0 Å². The van der Waals surface area contributed by atoms with Crippen molar-refractivity contribution in [2.75, 3.05) is 31.2 Å². The topological polar surface area (TPSA) is 60.5 Å². The molecule has 3 aromatic rings. The monoisotopic (exact) mass is 284 g/mol. The highest BCUT2D eigenvalue weighted by Gasteiger charge is 2.16. The van der Waals surface area contributed by atoms with Gasteiger partial charge in [-0.05, 0) is 6.92 Å². The molecule has 4 rings (SSSR count). The summed E-state index contributed by atoms with van der Waals surface area (Å²) in [5.41, 5.74) is 0.835. The Bertz CT molecular complexity index is 771. The highest BCUT2D eigenvalue weighted by atomic mass is 16.5. The number of hydrogen-bond donors (Lipinski definition) is 0. The number of rotatable bonds is 2. The fourth-order valence-electron chi connectivity index (χ4n) is 2.63. The van der Waals surface area contributed by atoms with Crippen LogP contribution in [0.3, 0.4) is 0 Å². The van der Waals surface area contributed by atoms with E-state index in [1.807, 2.05) is 28.3 Å². The molecule has 0 bridgehead atoms. The van der Waals surface area contributed by atoms with Gasteiger partial charge in [0.2, 0.25) is 0 Å². The van der Waals surface area contributed by atoms with Crippen LogP contribution in [0, 0.1) is 6.92 Å². The largest absolute Gasteiger partial charge is 0.378 e. The number of nitrogens with zero attached hydrogens (tertiary/aromatic N) is 6. The predicted molar refractivity (Wildman–Crippen MR) is 77.9 cm³/mol. The molecule has 0 aliphatic carbocycles. The number of morpholine rings is 1. The van der Waals surface area contributed by atoms with Crippen LogP contribution in [0.1, 0.15) is 5.82 Å². The van der Waals surface area contributed by atoms with E-state index < -0.39 is 0 Å². The molecule has 0 saturated carbocycles. The lowest BCUT2D eigenvalue weighted by molar-refractivity contribution is 0.122. The first-order valence-electron chi connectivity index (χ1n) is 7.01. The number of fused-ring (bicyclic) bond motifs is 1. The number of aromatic nitrogens is 5. The number of imidazole rings is 1. The van der Waals surface area contributed by atoms with Crippen molar-refractivity contribution in [3.63, 3.8) is 0 Å². The fraction of sp³-hybridized carbons (Fsp3) is 0.357. The van der Waals surface area contributed by atoms with E-state index in [2.05, 4.69) is 21.0 Å². The lowest BCUT2D eigenvalue weighted by atomic mass is 10.4. The average molecular weight is 284 g/mol. The van der Waals surface area contributed by atoms with Gasteiger partial charge in [-0.15, -0.1) is 0 Å². The number of anilines is 1. The summed E-state index contributed by atoms with van der Waals surface area (Å²) in [6.45, 7) is 5.18. The first kappa shape index (κ1) is 12.3. The van der Waals surface area contributed by atoms with Crippen molar-refractivity contribution in [3.05, 3.63) is 36.5 Å². The van der Waals surface area contributed by atoms with Crippen LogP contribution in [0.5, 0.6) is 0 Å². The zero-order chi connectivity index (χ0) is 14.2. The second-order valence-electron chi connectivity index (χ2n) is 5.02. The Hall–Kier alpha value is -2.41. The van der Waals surface area contributed by atoms with E-state index in [1.54, 1.807) is 12.4 Å². The van der Waals surface area contributed by atoms with Crippen LogP contribution < -0.4 is 4.90 Å². The second-order valence-corrected chi connectivity index (χ2v) is 5.02. The van der Waals surface area contributed by atoms with Gasteiger partial charge in [-0.25, -0.2) is 9.97 Å². The molecule has 0 unspecified atom stereocenters. The Balaban J connectivity index is 1.88. The summed E-state index contributed by atoms with van der Waals surface area (Å²) in [5, 5.41) is 4.36. The first-order valence-corrected chi connectivity index (χ1v) is 7.01. The van der Waals surface area contributed by atoms with Crippen LogP contribution in [0.4, 0.5) is 5.82 Å². The highest BCUT2D eigenvalue weighted by molar-refractivity contribution is 5.54. The van der Waals surface area contributed by atoms with E-state index in [-0.39, 0.29) is 0 Å². The molecule has 1 fully saturated rings. The standard InChI is InChI=1S/C14H16N6O/c1-11-15-4-5-19(11)14-10-13(18-6-8-21-9-7-18)17-12-2-3-16-20(12)14/h2-5,10H,6-9H2,1H3. The fourth-order valence-corrected chi connectivity index (χ4v) is 2.63. The van der Waals surface area contributed by atoms with Crippen molar-refractivity contribution >= 4 is 11.5 Å². The van der Waals surface area contributed by atoms with Crippen molar-refractivity contribution in [3.8, 4) is 5.82 Å². The normalized spacial score (nSPS) is 15.8. The van der Waals surface area contributed by atoms with Gasteiger partial charge in [0.15, 0.2) is 5.65 Å². The quantitative estimate of drug-likeness (QED) is 0.704. The third-order valence-corrected chi connectivity index (χ3v) is 3.73. The maximum absolute atomic E-state index is 5.41. The maximum atomic E-state index is 5.41. The van der Waals surface area contributed by atoms with Gasteiger partial charge in [-0.1, -0.05) is 0 Å². The lowest BCUT2D eigenvalue weighted by Crippen LogP contribution is -2.37. The summed E-state index contributed by atoms with van der Waals surface area (Å²) < 4.78 is 9.26. The highest BCUT2D eigenvalue weighted by Crippen LogP contribution is 2.20. The van der Waals surface area contributed by atoms with Gasteiger partial charge in [0.05, 0.1) is 19.4 Å². The average Bonchev–Trinajstić information content (AvgIpc) is 3.15. The van der Waals surface area contributed by atoms with Crippen LogP contribution in [-0.2, 0) is 4.74 Å². The summed E-state index contributed by atoms with van der Waals surface area (Å²) in [6, 6.07) is 3.97. The minimum absolute atomic E-state index is 0.742. The van der Waals surface area contributed by atoms with E-state index in [4.69, 9.17) is 9.72 Å². The van der Waals surface area contributed by atoms with Gasteiger partial charge in [-0.3, -0.25) is 4.57 Å². The van der Waals surface area contributed by atoms with Crippen molar-refractivity contribution < 1.29 is 4.74 Å². The zero-order valence-electron chi connectivity index (χ0n) is 11.8. The number of hydrogen-bond acceptors (Lipinski definition) is 5. The molecule has 0 radical (unpaired) electrons. The molecule has 108 valence electrons. The molecule has 1 saturated heterocycles. The Morgan fingerprint density at radius 2 is 2.05 bits per heavy atom. The van der Waals surface area contributed by atoms with Crippen LogP contribution in [0.25, 0.3) is 11.5 Å². The smallest absolute Gasteiger partial charge is 0.159 e. The van der Waals surface area contributed by atoms with Crippen LogP contribution >= 0.6 is 0 Å². The SMILES string of the molecule is Cc1nccn1-c1cc(N2CCOCC2)nc2ccnn12. The molecular weight excluding hydrogens is 268 g/mol. The van der Waals surface area contributed by atoms with Crippen LogP contribution in [0.15, 0.2) is 30.7 Å². The molecule has 7 nitrogen and oxygen atoms in total. The molecule has 0 aromatic carbocycles. The second kappa shape index (κ2) is 4.85. The third kappa shape index (κ3) is 2.06. The lowest BCUT2D eigenvalue weighted by Gasteiger charge is -2.28. The molecule has 4 heterocycles. The van der Waals surface area contributed by atoms with Gasteiger partial charge < -0.3 is 9.64 Å². The number of aryl methyl sites for hydroxylation is 1. The van der Waals surface area contributed by atoms with Crippen molar-refractivity contribution in [2.45, 2.75) is 6.92 Å². The molecule has 0 N–H and O–H groups in total. The summed E-state index contributed by atoms with van der Waals surface area (Å²) in [7, 11) is 0. The Kier molecular flexibility index (Phi) is 2.85. The molecule has 7 heteroatoms. The summed E-state index contributed by atoms with van der Waals surface area (Å²) in [4.78, 5) is 11.2. The molecule has 3 aromatic heterocycles. The molecule has 0 amide bonds. The molecular formula is C14H16N6O. The van der Waals surface area contributed by atoms with E-state index in [9.17, 15) is 0 Å².